The number of nitrogens with zero attached hydrogens (tertiary/aromatic N) is 2. The molecular weight excluding hydrogens is 415 g/mol. The van der Waals surface area contributed by atoms with Gasteiger partial charge in [-0.25, -0.2) is 0 Å². The van der Waals surface area contributed by atoms with Crippen LogP contribution in [0.4, 0.5) is 0 Å². The van der Waals surface area contributed by atoms with Gasteiger partial charge in [-0.2, -0.15) is 0 Å². The lowest BCUT2D eigenvalue weighted by atomic mass is 10.1. The average molecular weight is 431 g/mol. The number of rotatable bonds is 3. The Morgan fingerprint density at radius 3 is 2.91 bits per heavy atom. The highest BCUT2D eigenvalue weighted by molar-refractivity contribution is 14.1. The molecule has 2 aromatic rings. The van der Waals surface area contributed by atoms with Gasteiger partial charge in [0.1, 0.15) is 5.52 Å². The van der Waals surface area contributed by atoms with Gasteiger partial charge in [-0.15, -0.1) is 0 Å². The van der Waals surface area contributed by atoms with Crippen molar-refractivity contribution in [2.24, 2.45) is 0 Å². The number of pyridine rings is 1. The molecule has 116 valence electrons. The molecule has 1 aromatic carbocycles. The molecule has 0 radical (unpaired) electrons. The smallest absolute Gasteiger partial charge is 0.260 e. The maximum atomic E-state index is 12.2. The number of hydrogen-bond donors (Lipinski definition) is 0. The monoisotopic (exact) mass is 430 g/mol. The number of halogens is 2. The van der Waals surface area contributed by atoms with E-state index >= 15 is 0 Å². The first kappa shape index (κ1) is 15.8. The van der Waals surface area contributed by atoms with Gasteiger partial charge in [0.25, 0.3) is 5.91 Å². The molecule has 1 aliphatic rings. The molecule has 0 atom stereocenters. The van der Waals surface area contributed by atoms with E-state index in [0.29, 0.717) is 16.3 Å². The standard InChI is InChI=1S/C16H16ClIN2O2/c17-12-9-13(18)16(15-11(12)5-4-6-19-15)22-10-14(21)20-7-2-1-3-8-20/h4-6,9H,1-3,7-8,10H2. The fourth-order valence-electron chi connectivity index (χ4n) is 2.65. The first-order chi connectivity index (χ1) is 10.7. The zero-order valence-electron chi connectivity index (χ0n) is 12.0. The summed E-state index contributed by atoms with van der Waals surface area (Å²) in [5.41, 5.74) is 0.700. The van der Waals surface area contributed by atoms with Gasteiger partial charge in [0.15, 0.2) is 12.4 Å². The molecule has 0 aliphatic carbocycles. The van der Waals surface area contributed by atoms with E-state index < -0.39 is 0 Å². The number of aromatic nitrogens is 1. The molecule has 1 fully saturated rings. The molecule has 2 heterocycles. The van der Waals surface area contributed by atoms with Gasteiger partial charge in [-0.1, -0.05) is 11.6 Å². The van der Waals surface area contributed by atoms with Crippen LogP contribution in [0.5, 0.6) is 5.75 Å². The second-order valence-electron chi connectivity index (χ2n) is 5.30. The van der Waals surface area contributed by atoms with Crippen LogP contribution in [-0.2, 0) is 4.79 Å². The minimum absolute atomic E-state index is 0.0366. The van der Waals surface area contributed by atoms with Gasteiger partial charge in [0.05, 0.1) is 8.59 Å². The molecule has 1 aromatic heterocycles. The summed E-state index contributed by atoms with van der Waals surface area (Å²) in [6, 6.07) is 5.58. The predicted octanol–water partition coefficient (Wildman–Crippen LogP) is 3.88. The molecule has 4 nitrogen and oxygen atoms in total. The Morgan fingerprint density at radius 2 is 2.14 bits per heavy atom. The van der Waals surface area contributed by atoms with Crippen LogP contribution >= 0.6 is 34.2 Å². The van der Waals surface area contributed by atoms with Crippen molar-refractivity contribution in [2.45, 2.75) is 19.3 Å². The largest absolute Gasteiger partial charge is 0.480 e. The van der Waals surface area contributed by atoms with Crippen LogP contribution in [0.15, 0.2) is 24.4 Å². The van der Waals surface area contributed by atoms with Crippen molar-refractivity contribution in [2.75, 3.05) is 19.7 Å². The molecule has 1 aliphatic heterocycles. The first-order valence-electron chi connectivity index (χ1n) is 7.30. The highest BCUT2D eigenvalue weighted by atomic mass is 127. The number of likely N-dealkylation sites (tertiary alicyclic amines) is 1. The second kappa shape index (κ2) is 7.00. The summed E-state index contributed by atoms with van der Waals surface area (Å²) in [7, 11) is 0. The van der Waals surface area contributed by atoms with E-state index in [2.05, 4.69) is 27.6 Å². The Kier molecular flexibility index (Phi) is 5.03. The number of carbonyl (C=O) groups is 1. The number of piperidine rings is 1. The van der Waals surface area contributed by atoms with Crippen molar-refractivity contribution in [3.63, 3.8) is 0 Å². The van der Waals surface area contributed by atoms with Crippen LogP contribution in [-0.4, -0.2) is 35.5 Å². The molecule has 22 heavy (non-hydrogen) atoms. The highest BCUT2D eigenvalue weighted by Gasteiger charge is 2.19. The molecular formula is C16H16ClIN2O2. The predicted molar refractivity (Wildman–Crippen MR) is 95.4 cm³/mol. The van der Waals surface area contributed by atoms with Gasteiger partial charge < -0.3 is 9.64 Å². The Labute approximate surface area is 147 Å². The highest BCUT2D eigenvalue weighted by Crippen LogP contribution is 2.34. The Morgan fingerprint density at radius 1 is 1.36 bits per heavy atom. The Hall–Kier alpha value is -1.08. The molecule has 1 amide bonds. The summed E-state index contributed by atoms with van der Waals surface area (Å²) in [6.07, 6.45) is 5.06. The van der Waals surface area contributed by atoms with Crippen LogP contribution in [0.2, 0.25) is 5.02 Å². The van der Waals surface area contributed by atoms with Crippen LogP contribution in [0.3, 0.4) is 0 Å². The zero-order chi connectivity index (χ0) is 15.5. The van der Waals surface area contributed by atoms with Gasteiger partial charge in [0, 0.05) is 24.7 Å². The SMILES string of the molecule is O=C(COc1c(I)cc(Cl)c2cccnc12)N1CCCCC1. The van der Waals surface area contributed by atoms with E-state index in [0.717, 1.165) is 34.9 Å². The minimum atomic E-state index is 0.0366. The van der Waals surface area contributed by atoms with Gasteiger partial charge in [0.2, 0.25) is 0 Å². The van der Waals surface area contributed by atoms with E-state index in [4.69, 9.17) is 16.3 Å². The van der Waals surface area contributed by atoms with Crippen LogP contribution in [0.1, 0.15) is 19.3 Å². The maximum absolute atomic E-state index is 12.2. The molecule has 0 saturated carbocycles. The quantitative estimate of drug-likeness (QED) is 0.694. The summed E-state index contributed by atoms with van der Waals surface area (Å²) in [5.74, 6) is 0.667. The first-order valence-corrected chi connectivity index (χ1v) is 8.76. The van der Waals surface area contributed by atoms with Gasteiger partial charge >= 0.3 is 0 Å². The van der Waals surface area contributed by atoms with E-state index in [1.54, 1.807) is 6.20 Å². The summed E-state index contributed by atoms with van der Waals surface area (Å²) in [4.78, 5) is 18.5. The fourth-order valence-corrected chi connectivity index (χ4v) is 3.82. The molecule has 0 spiro atoms. The van der Waals surface area contributed by atoms with Crippen molar-refractivity contribution in [3.05, 3.63) is 33.0 Å². The van der Waals surface area contributed by atoms with E-state index in [1.165, 1.54) is 6.42 Å². The molecule has 0 N–H and O–H groups in total. The summed E-state index contributed by atoms with van der Waals surface area (Å²) < 4.78 is 6.66. The third-order valence-corrected chi connectivity index (χ3v) is 4.91. The third-order valence-electron chi connectivity index (χ3n) is 3.80. The number of amides is 1. The van der Waals surface area contributed by atoms with Crippen molar-refractivity contribution >= 4 is 51.0 Å². The summed E-state index contributed by atoms with van der Waals surface area (Å²) in [6.45, 7) is 1.71. The second-order valence-corrected chi connectivity index (χ2v) is 6.87. The molecule has 0 bridgehead atoms. The topological polar surface area (TPSA) is 42.4 Å². The summed E-state index contributed by atoms with van der Waals surface area (Å²) in [5, 5.41) is 1.48. The van der Waals surface area contributed by atoms with E-state index in [1.807, 2.05) is 23.1 Å². The normalized spacial score (nSPS) is 15.1. The lowest BCUT2D eigenvalue weighted by Gasteiger charge is -2.26. The van der Waals surface area contributed by atoms with E-state index in [-0.39, 0.29) is 12.5 Å². The van der Waals surface area contributed by atoms with Crippen molar-refractivity contribution in [1.29, 1.82) is 0 Å². The molecule has 3 rings (SSSR count). The van der Waals surface area contributed by atoms with Gasteiger partial charge in [-0.05, 0) is 60.1 Å². The summed E-state index contributed by atoms with van der Waals surface area (Å²) >= 11 is 8.40. The van der Waals surface area contributed by atoms with Crippen molar-refractivity contribution in [3.8, 4) is 5.75 Å². The van der Waals surface area contributed by atoms with Gasteiger partial charge in [-0.3, -0.25) is 9.78 Å². The Balaban J connectivity index is 1.80. The lowest BCUT2D eigenvalue weighted by Crippen LogP contribution is -2.38. The lowest BCUT2D eigenvalue weighted by molar-refractivity contribution is -0.134. The van der Waals surface area contributed by atoms with Crippen LogP contribution in [0, 0.1) is 3.57 Å². The average Bonchev–Trinajstić information content (AvgIpc) is 2.55. The molecule has 1 saturated heterocycles. The molecule has 6 heteroatoms. The number of fused-ring (bicyclic) bond motifs is 1. The number of benzene rings is 1. The number of ether oxygens (including phenoxy) is 1. The third kappa shape index (κ3) is 3.30. The maximum Gasteiger partial charge on any atom is 0.260 e. The number of hydrogen-bond acceptors (Lipinski definition) is 3. The molecule has 0 unspecified atom stereocenters. The Bertz CT molecular complexity index is 702. The van der Waals surface area contributed by atoms with Crippen molar-refractivity contribution < 1.29 is 9.53 Å². The number of carbonyl (C=O) groups excluding carboxylic acids is 1. The fraction of sp³-hybridized carbons (Fsp3) is 0.375. The zero-order valence-corrected chi connectivity index (χ0v) is 14.9. The van der Waals surface area contributed by atoms with Crippen LogP contribution in [0.25, 0.3) is 10.9 Å². The van der Waals surface area contributed by atoms with E-state index in [9.17, 15) is 4.79 Å². The van der Waals surface area contributed by atoms with Crippen molar-refractivity contribution in [1.82, 2.24) is 9.88 Å². The van der Waals surface area contributed by atoms with Crippen LogP contribution < -0.4 is 4.74 Å². The minimum Gasteiger partial charge on any atom is -0.480 e.